The average Bonchev–Trinajstić information content (AvgIpc) is 2.36. The van der Waals surface area contributed by atoms with Gasteiger partial charge in [0.15, 0.2) is 0 Å². The minimum atomic E-state index is 0.194. The Kier molecular flexibility index (Phi) is 3.25. The third-order valence-electron chi connectivity index (χ3n) is 1.67. The maximum absolute atomic E-state index is 8.65. The number of aliphatic hydroxyl groups is 1. The molecule has 0 aliphatic heterocycles. The Bertz CT molecular complexity index is 234. The van der Waals surface area contributed by atoms with Gasteiger partial charge in [-0.25, -0.2) is 0 Å². The molecule has 0 amide bonds. The van der Waals surface area contributed by atoms with E-state index in [0.29, 0.717) is 6.54 Å². The van der Waals surface area contributed by atoms with Gasteiger partial charge < -0.3 is 5.11 Å². The molecule has 0 fully saturated rings. The first-order chi connectivity index (χ1) is 5.72. The van der Waals surface area contributed by atoms with E-state index >= 15 is 0 Å². The summed E-state index contributed by atoms with van der Waals surface area (Å²) in [6, 6.07) is 2.01. The Morgan fingerprint density at radius 3 is 2.92 bits per heavy atom. The van der Waals surface area contributed by atoms with E-state index in [1.54, 1.807) is 0 Å². The minimum Gasteiger partial charge on any atom is -0.395 e. The van der Waals surface area contributed by atoms with E-state index in [1.807, 2.05) is 24.9 Å². The highest BCUT2D eigenvalue weighted by Crippen LogP contribution is 2.00. The van der Waals surface area contributed by atoms with Crippen molar-refractivity contribution in [1.29, 1.82) is 0 Å². The molecule has 68 valence electrons. The molecule has 2 N–H and O–H groups in total. The van der Waals surface area contributed by atoms with Crippen LogP contribution in [0.1, 0.15) is 11.4 Å². The molecule has 4 nitrogen and oxygen atoms in total. The number of hydrogen-bond donors (Lipinski definition) is 2. The van der Waals surface area contributed by atoms with Crippen molar-refractivity contribution < 1.29 is 5.11 Å². The third-order valence-corrected chi connectivity index (χ3v) is 1.67. The lowest BCUT2D eigenvalue weighted by Gasteiger charge is -2.12. The van der Waals surface area contributed by atoms with Crippen molar-refractivity contribution in [2.24, 2.45) is 0 Å². The second-order valence-electron chi connectivity index (χ2n) is 3.00. The first kappa shape index (κ1) is 9.22. The molecule has 1 aromatic rings. The van der Waals surface area contributed by atoms with Gasteiger partial charge in [-0.05, 0) is 20.0 Å². The topological polar surface area (TPSA) is 52.1 Å². The molecule has 1 rings (SSSR count). The first-order valence-corrected chi connectivity index (χ1v) is 4.02. The lowest BCUT2D eigenvalue weighted by atomic mass is 10.3. The fourth-order valence-electron chi connectivity index (χ4n) is 1.08. The molecule has 12 heavy (non-hydrogen) atoms. The van der Waals surface area contributed by atoms with Gasteiger partial charge in [0, 0.05) is 18.8 Å². The number of H-pyrrole nitrogens is 1. The van der Waals surface area contributed by atoms with Crippen molar-refractivity contribution in [1.82, 2.24) is 15.1 Å². The van der Waals surface area contributed by atoms with E-state index in [4.69, 9.17) is 5.11 Å². The summed E-state index contributed by atoms with van der Waals surface area (Å²) in [6.07, 6.45) is 0. The molecular weight excluding hydrogens is 154 g/mol. The Balaban J connectivity index is 2.41. The maximum atomic E-state index is 8.65. The van der Waals surface area contributed by atoms with Crippen molar-refractivity contribution in [3.63, 3.8) is 0 Å². The lowest BCUT2D eigenvalue weighted by Crippen LogP contribution is -2.21. The van der Waals surface area contributed by atoms with Crippen molar-refractivity contribution in [3.8, 4) is 0 Å². The van der Waals surface area contributed by atoms with E-state index in [-0.39, 0.29) is 6.61 Å². The van der Waals surface area contributed by atoms with Crippen LogP contribution in [0, 0.1) is 6.92 Å². The Morgan fingerprint density at radius 2 is 2.42 bits per heavy atom. The van der Waals surface area contributed by atoms with E-state index in [2.05, 4.69) is 10.2 Å². The van der Waals surface area contributed by atoms with Crippen LogP contribution in [-0.2, 0) is 6.54 Å². The maximum Gasteiger partial charge on any atom is 0.0764 e. The van der Waals surface area contributed by atoms with Gasteiger partial charge in [0.1, 0.15) is 0 Å². The van der Waals surface area contributed by atoms with Crippen molar-refractivity contribution in [2.45, 2.75) is 13.5 Å². The van der Waals surface area contributed by atoms with Crippen LogP contribution < -0.4 is 0 Å². The predicted octanol–water partition coefficient (Wildman–Crippen LogP) is 0.142. The first-order valence-electron chi connectivity index (χ1n) is 4.02. The summed E-state index contributed by atoms with van der Waals surface area (Å²) in [5.41, 5.74) is 2.09. The zero-order valence-electron chi connectivity index (χ0n) is 7.54. The summed E-state index contributed by atoms with van der Waals surface area (Å²) in [5.74, 6) is 0. The van der Waals surface area contributed by atoms with Gasteiger partial charge in [0.05, 0.1) is 12.3 Å². The van der Waals surface area contributed by atoms with Crippen LogP contribution >= 0.6 is 0 Å². The number of likely N-dealkylation sites (N-methyl/N-ethyl adjacent to an activating group) is 1. The van der Waals surface area contributed by atoms with E-state index in [0.717, 1.165) is 17.9 Å². The number of hydrogen-bond acceptors (Lipinski definition) is 3. The number of aryl methyl sites for hydroxylation is 1. The summed E-state index contributed by atoms with van der Waals surface area (Å²) in [4.78, 5) is 2.02. The van der Waals surface area contributed by atoms with Crippen LogP contribution in [0.2, 0.25) is 0 Å². The molecule has 0 spiro atoms. The predicted molar refractivity (Wildman–Crippen MR) is 46.7 cm³/mol. The molecule has 1 heterocycles. The number of aliphatic hydroxyl groups excluding tert-OH is 1. The number of rotatable bonds is 4. The molecule has 0 saturated heterocycles. The fourth-order valence-corrected chi connectivity index (χ4v) is 1.08. The van der Waals surface area contributed by atoms with Gasteiger partial charge in [0.25, 0.3) is 0 Å². The zero-order chi connectivity index (χ0) is 8.97. The number of aromatic nitrogens is 2. The zero-order valence-corrected chi connectivity index (χ0v) is 7.54. The Morgan fingerprint density at radius 1 is 1.67 bits per heavy atom. The van der Waals surface area contributed by atoms with E-state index in [1.165, 1.54) is 0 Å². The normalized spacial score (nSPS) is 11.0. The molecule has 0 aromatic carbocycles. The fraction of sp³-hybridized carbons (Fsp3) is 0.625. The summed E-state index contributed by atoms with van der Waals surface area (Å²) in [6.45, 7) is 3.64. The quantitative estimate of drug-likeness (QED) is 0.674. The summed E-state index contributed by atoms with van der Waals surface area (Å²) in [7, 11) is 1.96. The molecule has 0 bridgehead atoms. The molecular formula is C8H15N3O. The van der Waals surface area contributed by atoms with Crippen LogP contribution in [0.5, 0.6) is 0 Å². The van der Waals surface area contributed by atoms with Gasteiger partial charge >= 0.3 is 0 Å². The summed E-state index contributed by atoms with van der Waals surface area (Å²) >= 11 is 0. The van der Waals surface area contributed by atoms with Crippen LogP contribution in [0.3, 0.4) is 0 Å². The van der Waals surface area contributed by atoms with E-state index < -0.39 is 0 Å². The highest BCUT2D eigenvalue weighted by Gasteiger charge is 2.01. The van der Waals surface area contributed by atoms with Gasteiger partial charge in [-0.1, -0.05) is 0 Å². The van der Waals surface area contributed by atoms with Gasteiger partial charge in [-0.3, -0.25) is 10.00 Å². The van der Waals surface area contributed by atoms with Crippen molar-refractivity contribution >= 4 is 0 Å². The average molecular weight is 169 g/mol. The minimum absolute atomic E-state index is 0.194. The second kappa shape index (κ2) is 4.23. The standard InChI is InChI=1S/C8H15N3O/c1-7-5-8(10-9-7)6-11(2)3-4-12/h5,12H,3-4,6H2,1-2H3,(H,9,10). The molecule has 0 radical (unpaired) electrons. The SMILES string of the molecule is Cc1cc(CN(C)CCO)n[nH]1. The van der Waals surface area contributed by atoms with Crippen molar-refractivity contribution in [3.05, 3.63) is 17.5 Å². The molecule has 0 saturated carbocycles. The van der Waals surface area contributed by atoms with Gasteiger partial charge in [-0.2, -0.15) is 5.10 Å². The lowest BCUT2D eigenvalue weighted by molar-refractivity contribution is 0.216. The number of nitrogens with zero attached hydrogens (tertiary/aromatic N) is 2. The summed E-state index contributed by atoms with van der Waals surface area (Å²) in [5, 5.41) is 15.6. The number of nitrogens with one attached hydrogen (secondary N) is 1. The highest BCUT2D eigenvalue weighted by atomic mass is 16.3. The molecule has 1 aromatic heterocycles. The largest absolute Gasteiger partial charge is 0.395 e. The van der Waals surface area contributed by atoms with Crippen LogP contribution in [0.4, 0.5) is 0 Å². The summed E-state index contributed by atoms with van der Waals surface area (Å²) < 4.78 is 0. The third kappa shape index (κ3) is 2.64. The van der Waals surface area contributed by atoms with E-state index in [9.17, 15) is 0 Å². The van der Waals surface area contributed by atoms with Gasteiger partial charge in [-0.15, -0.1) is 0 Å². The molecule has 0 aliphatic rings. The number of aromatic amines is 1. The Hall–Kier alpha value is -0.870. The molecule has 0 unspecified atom stereocenters. The van der Waals surface area contributed by atoms with Crippen molar-refractivity contribution in [2.75, 3.05) is 20.2 Å². The monoisotopic (exact) mass is 169 g/mol. The molecule has 0 aliphatic carbocycles. The molecule has 4 heteroatoms. The Labute approximate surface area is 72.2 Å². The van der Waals surface area contributed by atoms with Gasteiger partial charge in [0.2, 0.25) is 0 Å². The van der Waals surface area contributed by atoms with Crippen LogP contribution in [0.15, 0.2) is 6.07 Å². The van der Waals surface area contributed by atoms with Crippen LogP contribution in [-0.4, -0.2) is 40.4 Å². The molecule has 0 atom stereocenters. The highest BCUT2D eigenvalue weighted by molar-refractivity contribution is 5.06. The smallest absolute Gasteiger partial charge is 0.0764 e. The second-order valence-corrected chi connectivity index (χ2v) is 3.00. The van der Waals surface area contributed by atoms with Crippen LogP contribution in [0.25, 0.3) is 0 Å².